The number of hydrogen-bond acceptors (Lipinski definition) is 4. The van der Waals surface area contributed by atoms with E-state index >= 15 is 0 Å². The quantitative estimate of drug-likeness (QED) is 0.735. The van der Waals surface area contributed by atoms with E-state index in [2.05, 4.69) is 5.32 Å². The monoisotopic (exact) mass is 289 g/mol. The molecule has 0 spiro atoms. The van der Waals surface area contributed by atoms with Gasteiger partial charge in [-0.05, 0) is 11.5 Å². The summed E-state index contributed by atoms with van der Waals surface area (Å²) in [6.07, 6.45) is 0.138. The number of nitriles is 1. The highest BCUT2D eigenvalue weighted by molar-refractivity contribution is 5.87. The van der Waals surface area contributed by atoms with E-state index in [1.54, 1.807) is 6.92 Å². The lowest BCUT2D eigenvalue weighted by Crippen LogP contribution is -2.49. The van der Waals surface area contributed by atoms with Gasteiger partial charge in [0.1, 0.15) is 12.6 Å². The van der Waals surface area contributed by atoms with Crippen LogP contribution in [0, 0.1) is 17.2 Å². The van der Waals surface area contributed by atoms with Crippen molar-refractivity contribution in [1.29, 1.82) is 5.26 Å². The maximum absolute atomic E-state index is 11.7. The second-order valence-corrected chi connectivity index (χ2v) is 4.77. The lowest BCUT2D eigenvalue weighted by atomic mass is 9.98. The van der Waals surface area contributed by atoms with Crippen molar-refractivity contribution < 1.29 is 14.3 Å². The smallest absolute Gasteiger partial charge is 0.246 e. The summed E-state index contributed by atoms with van der Waals surface area (Å²) in [5, 5.41) is 11.1. The van der Waals surface area contributed by atoms with Crippen molar-refractivity contribution in [3.05, 3.63) is 35.9 Å². The van der Waals surface area contributed by atoms with Crippen LogP contribution in [0.3, 0.4) is 0 Å². The Morgan fingerprint density at radius 1 is 1.38 bits per heavy atom. The van der Waals surface area contributed by atoms with Crippen LogP contribution in [0.25, 0.3) is 0 Å². The van der Waals surface area contributed by atoms with Crippen LogP contribution in [0.2, 0.25) is 0 Å². The molecule has 1 aromatic carbocycles. The number of primary amides is 1. The molecule has 0 aliphatic carbocycles. The van der Waals surface area contributed by atoms with Crippen LogP contribution in [-0.4, -0.2) is 24.5 Å². The molecule has 2 atom stereocenters. The summed E-state index contributed by atoms with van der Waals surface area (Å²) in [6.45, 7) is 1.82. The van der Waals surface area contributed by atoms with Gasteiger partial charge in [-0.1, -0.05) is 37.3 Å². The minimum atomic E-state index is -0.863. The third kappa shape index (κ3) is 6.06. The number of carbonyl (C=O) groups is 2. The number of ether oxygens (including phenoxy) is 1. The second-order valence-electron chi connectivity index (χ2n) is 4.77. The molecular weight excluding hydrogens is 270 g/mol. The fourth-order valence-corrected chi connectivity index (χ4v) is 1.81. The van der Waals surface area contributed by atoms with Crippen molar-refractivity contribution in [1.82, 2.24) is 5.32 Å². The molecule has 1 aromatic rings. The number of benzene rings is 1. The molecule has 0 heterocycles. The van der Waals surface area contributed by atoms with Gasteiger partial charge in [0, 0.05) is 6.42 Å². The predicted octanol–water partition coefficient (Wildman–Crippen LogP) is 0.723. The Hall–Kier alpha value is -2.39. The molecule has 0 saturated heterocycles. The highest BCUT2D eigenvalue weighted by Crippen LogP contribution is 2.07. The third-order valence-electron chi connectivity index (χ3n) is 2.95. The fourth-order valence-electron chi connectivity index (χ4n) is 1.81. The fraction of sp³-hybridized carbons (Fsp3) is 0.400. The largest absolute Gasteiger partial charge is 0.368 e. The van der Waals surface area contributed by atoms with Crippen molar-refractivity contribution in [3.8, 4) is 6.07 Å². The number of hydrogen-bond donors (Lipinski definition) is 2. The molecule has 3 N–H and O–H groups in total. The highest BCUT2D eigenvalue weighted by atomic mass is 16.5. The number of nitrogens with one attached hydrogen (secondary N) is 1. The van der Waals surface area contributed by atoms with Crippen LogP contribution in [0.1, 0.15) is 18.9 Å². The molecule has 0 aliphatic rings. The van der Waals surface area contributed by atoms with Crippen molar-refractivity contribution in [2.24, 2.45) is 11.7 Å². The number of carbonyl (C=O) groups excluding carboxylic acids is 2. The average Bonchev–Trinajstić information content (AvgIpc) is 2.45. The van der Waals surface area contributed by atoms with Gasteiger partial charge in [-0.25, -0.2) is 0 Å². The number of nitrogens with two attached hydrogens (primary N) is 1. The zero-order chi connectivity index (χ0) is 15.7. The maximum atomic E-state index is 11.7. The molecule has 0 radical (unpaired) electrons. The Morgan fingerprint density at radius 3 is 2.62 bits per heavy atom. The van der Waals surface area contributed by atoms with Crippen LogP contribution in [0.5, 0.6) is 0 Å². The van der Waals surface area contributed by atoms with Crippen molar-refractivity contribution in [2.45, 2.75) is 26.0 Å². The minimum Gasteiger partial charge on any atom is -0.368 e. The zero-order valence-corrected chi connectivity index (χ0v) is 11.9. The molecule has 112 valence electrons. The maximum Gasteiger partial charge on any atom is 0.246 e. The normalized spacial score (nSPS) is 13.0. The molecule has 0 aromatic heterocycles. The van der Waals surface area contributed by atoms with Gasteiger partial charge in [-0.2, -0.15) is 5.26 Å². The van der Waals surface area contributed by atoms with E-state index in [1.807, 2.05) is 36.4 Å². The van der Waals surface area contributed by atoms with E-state index in [1.165, 1.54) is 0 Å². The summed E-state index contributed by atoms with van der Waals surface area (Å²) in [4.78, 5) is 23.0. The molecule has 0 bridgehead atoms. The van der Waals surface area contributed by atoms with Crippen LogP contribution >= 0.6 is 0 Å². The summed E-state index contributed by atoms with van der Waals surface area (Å²) in [5.41, 5.74) is 6.19. The first-order chi connectivity index (χ1) is 10.0. The number of rotatable bonds is 8. The molecular formula is C15H19N3O3. The van der Waals surface area contributed by atoms with Crippen molar-refractivity contribution >= 4 is 11.8 Å². The molecule has 2 amide bonds. The van der Waals surface area contributed by atoms with Crippen molar-refractivity contribution in [3.63, 3.8) is 0 Å². The first kappa shape index (κ1) is 16.7. The van der Waals surface area contributed by atoms with Crippen LogP contribution in [-0.2, 0) is 20.9 Å². The zero-order valence-electron chi connectivity index (χ0n) is 11.9. The van der Waals surface area contributed by atoms with E-state index in [9.17, 15) is 9.59 Å². The predicted molar refractivity (Wildman–Crippen MR) is 76.6 cm³/mol. The topological polar surface area (TPSA) is 105 Å². The van der Waals surface area contributed by atoms with Gasteiger partial charge in [-0.3, -0.25) is 9.59 Å². The molecule has 6 heteroatoms. The highest BCUT2D eigenvalue weighted by Gasteiger charge is 2.24. The van der Waals surface area contributed by atoms with Gasteiger partial charge in [0.25, 0.3) is 0 Å². The van der Waals surface area contributed by atoms with Crippen LogP contribution in [0.4, 0.5) is 0 Å². The van der Waals surface area contributed by atoms with E-state index in [0.717, 1.165) is 5.56 Å². The summed E-state index contributed by atoms with van der Waals surface area (Å²) >= 11 is 0. The Morgan fingerprint density at radius 2 is 2.05 bits per heavy atom. The van der Waals surface area contributed by atoms with Gasteiger partial charge in [0.15, 0.2) is 0 Å². The van der Waals surface area contributed by atoms with Crippen LogP contribution < -0.4 is 11.1 Å². The van der Waals surface area contributed by atoms with E-state index in [0.29, 0.717) is 6.61 Å². The molecule has 0 aliphatic heterocycles. The summed E-state index contributed by atoms with van der Waals surface area (Å²) in [6, 6.07) is 10.5. The molecule has 0 unspecified atom stereocenters. The number of amides is 2. The summed E-state index contributed by atoms with van der Waals surface area (Å²) in [7, 11) is 0. The summed E-state index contributed by atoms with van der Waals surface area (Å²) < 4.78 is 5.27. The van der Waals surface area contributed by atoms with Gasteiger partial charge >= 0.3 is 0 Å². The first-order valence-corrected chi connectivity index (χ1v) is 6.62. The van der Waals surface area contributed by atoms with Gasteiger partial charge < -0.3 is 15.8 Å². The standard InChI is InChI=1S/C15H19N3O3/c1-11(7-8-16)14(15(17)20)18-13(19)10-21-9-12-5-3-2-4-6-12/h2-6,11,14H,7,9-10H2,1H3,(H2,17,20)(H,18,19)/t11-,14+/m1/s1. The van der Waals surface area contributed by atoms with Gasteiger partial charge in [0.2, 0.25) is 11.8 Å². The molecule has 1 rings (SSSR count). The van der Waals surface area contributed by atoms with Gasteiger partial charge in [-0.15, -0.1) is 0 Å². The third-order valence-corrected chi connectivity index (χ3v) is 2.95. The van der Waals surface area contributed by atoms with Crippen molar-refractivity contribution in [2.75, 3.05) is 6.61 Å². The Kier molecular flexibility index (Phi) is 6.92. The Bertz CT molecular complexity index is 511. The minimum absolute atomic E-state index is 0.138. The average molecular weight is 289 g/mol. The van der Waals surface area contributed by atoms with E-state index in [4.69, 9.17) is 15.7 Å². The lowest BCUT2D eigenvalue weighted by molar-refractivity contribution is -0.131. The molecule has 0 saturated carbocycles. The van der Waals surface area contributed by atoms with E-state index < -0.39 is 17.9 Å². The lowest BCUT2D eigenvalue weighted by Gasteiger charge is -2.20. The summed E-state index contributed by atoms with van der Waals surface area (Å²) in [5.74, 6) is -1.43. The van der Waals surface area contributed by atoms with E-state index in [-0.39, 0.29) is 18.9 Å². The second kappa shape index (κ2) is 8.72. The Balaban J connectivity index is 2.40. The first-order valence-electron chi connectivity index (χ1n) is 6.62. The SMILES string of the molecule is C[C@H](CC#N)[C@H](NC(=O)COCc1ccccc1)C(N)=O. The molecule has 21 heavy (non-hydrogen) atoms. The molecule has 0 fully saturated rings. The van der Waals surface area contributed by atoms with Gasteiger partial charge in [0.05, 0.1) is 12.7 Å². The Labute approximate surface area is 123 Å². The molecule has 6 nitrogen and oxygen atoms in total. The van der Waals surface area contributed by atoms with Crippen LogP contribution in [0.15, 0.2) is 30.3 Å². The number of nitrogens with zero attached hydrogens (tertiary/aromatic N) is 1.